The smallest absolute Gasteiger partial charge is 0.408 e. The van der Waals surface area contributed by atoms with E-state index in [1.165, 1.54) is 0 Å². The predicted octanol–water partition coefficient (Wildman–Crippen LogP) is 0.440. The normalized spacial score (nSPS) is 12.6. The van der Waals surface area contributed by atoms with Gasteiger partial charge in [0.25, 0.3) is 5.91 Å². The van der Waals surface area contributed by atoms with Crippen molar-refractivity contribution in [1.82, 2.24) is 15.7 Å². The number of carbonyl (C=O) groups is 2. The Balaban J connectivity index is 2.65. The van der Waals surface area contributed by atoms with Crippen molar-refractivity contribution in [2.24, 2.45) is 5.84 Å². The molecule has 1 atom stereocenters. The molecule has 0 saturated carbocycles. The summed E-state index contributed by atoms with van der Waals surface area (Å²) in [6.45, 7) is 5.24. The molecule has 1 rings (SSSR count). The van der Waals surface area contributed by atoms with E-state index in [1.807, 2.05) is 11.5 Å². The van der Waals surface area contributed by atoms with E-state index in [-0.39, 0.29) is 0 Å². The van der Waals surface area contributed by atoms with E-state index in [0.29, 0.717) is 6.42 Å². The standard InChI is InChI=1S/C12H20N4O3/c1-12(2,3)19-11(18)15-9(10(17)16-13)6-8-4-5-14-7-8/h4-5,7,9,14H,6,13H2,1-3H3,(H,15,18)(H,16,17). The summed E-state index contributed by atoms with van der Waals surface area (Å²) in [5, 5.41) is 2.50. The maximum atomic E-state index is 11.7. The molecule has 1 unspecified atom stereocenters. The third kappa shape index (κ3) is 5.43. The highest BCUT2D eigenvalue weighted by Crippen LogP contribution is 2.08. The number of hydrazine groups is 1. The quantitative estimate of drug-likeness (QED) is 0.361. The lowest BCUT2D eigenvalue weighted by Crippen LogP contribution is -2.51. The lowest BCUT2D eigenvalue weighted by Gasteiger charge is -2.22. The number of hydrogen-bond acceptors (Lipinski definition) is 4. The number of carbonyl (C=O) groups excluding carboxylic acids is 2. The molecule has 0 fully saturated rings. The molecular weight excluding hydrogens is 248 g/mol. The van der Waals surface area contributed by atoms with E-state index in [0.717, 1.165) is 5.56 Å². The van der Waals surface area contributed by atoms with Crippen molar-refractivity contribution in [2.45, 2.75) is 38.8 Å². The summed E-state index contributed by atoms with van der Waals surface area (Å²) in [6.07, 6.45) is 3.15. The molecule has 0 radical (unpaired) electrons. The number of aromatic nitrogens is 1. The van der Waals surface area contributed by atoms with E-state index >= 15 is 0 Å². The minimum absolute atomic E-state index is 0.325. The Kier molecular flexibility index (Phi) is 4.94. The minimum atomic E-state index is -0.782. The van der Waals surface area contributed by atoms with Crippen LogP contribution >= 0.6 is 0 Å². The minimum Gasteiger partial charge on any atom is -0.444 e. The summed E-state index contributed by atoms with van der Waals surface area (Å²) in [5.41, 5.74) is 2.28. The number of rotatable bonds is 4. The third-order valence-electron chi connectivity index (χ3n) is 2.25. The Morgan fingerprint density at radius 2 is 2.16 bits per heavy atom. The lowest BCUT2D eigenvalue weighted by atomic mass is 10.1. The Labute approximate surface area is 111 Å². The van der Waals surface area contributed by atoms with Crippen LogP contribution in [-0.2, 0) is 16.0 Å². The van der Waals surface area contributed by atoms with Crippen LogP contribution in [0.5, 0.6) is 0 Å². The Morgan fingerprint density at radius 1 is 1.47 bits per heavy atom. The average Bonchev–Trinajstić information content (AvgIpc) is 2.77. The first kappa shape index (κ1) is 15.0. The van der Waals surface area contributed by atoms with Crippen LogP contribution in [0.25, 0.3) is 0 Å². The van der Waals surface area contributed by atoms with Gasteiger partial charge in [-0.3, -0.25) is 10.2 Å². The third-order valence-corrected chi connectivity index (χ3v) is 2.25. The van der Waals surface area contributed by atoms with Gasteiger partial charge in [-0.15, -0.1) is 0 Å². The summed E-state index contributed by atoms with van der Waals surface area (Å²) in [6, 6.07) is 1.03. The highest BCUT2D eigenvalue weighted by molar-refractivity contribution is 5.85. The summed E-state index contributed by atoms with van der Waals surface area (Å²) in [4.78, 5) is 26.2. The predicted molar refractivity (Wildman–Crippen MR) is 70.0 cm³/mol. The first-order chi connectivity index (χ1) is 8.81. The van der Waals surface area contributed by atoms with Crippen molar-refractivity contribution < 1.29 is 14.3 Å². The maximum absolute atomic E-state index is 11.7. The molecule has 5 N–H and O–H groups in total. The van der Waals surface area contributed by atoms with Gasteiger partial charge in [0.2, 0.25) is 0 Å². The Hall–Kier alpha value is -2.02. The van der Waals surface area contributed by atoms with Gasteiger partial charge in [-0.25, -0.2) is 10.6 Å². The van der Waals surface area contributed by atoms with Gasteiger partial charge >= 0.3 is 6.09 Å². The molecule has 0 aliphatic rings. The van der Waals surface area contributed by atoms with Crippen molar-refractivity contribution in [3.63, 3.8) is 0 Å². The van der Waals surface area contributed by atoms with E-state index in [9.17, 15) is 9.59 Å². The highest BCUT2D eigenvalue weighted by Gasteiger charge is 2.24. The zero-order valence-electron chi connectivity index (χ0n) is 11.3. The van der Waals surface area contributed by atoms with E-state index in [4.69, 9.17) is 10.6 Å². The van der Waals surface area contributed by atoms with Crippen LogP contribution in [0.3, 0.4) is 0 Å². The van der Waals surface area contributed by atoms with Crippen LogP contribution in [0.15, 0.2) is 18.5 Å². The van der Waals surface area contributed by atoms with E-state index < -0.39 is 23.6 Å². The fraction of sp³-hybridized carbons (Fsp3) is 0.500. The van der Waals surface area contributed by atoms with Crippen LogP contribution in [0.1, 0.15) is 26.3 Å². The molecule has 0 bridgehead atoms. The van der Waals surface area contributed by atoms with Gasteiger partial charge in [0.15, 0.2) is 0 Å². The molecule has 0 aliphatic heterocycles. The van der Waals surface area contributed by atoms with Crippen molar-refractivity contribution >= 4 is 12.0 Å². The van der Waals surface area contributed by atoms with E-state index in [2.05, 4.69) is 10.3 Å². The lowest BCUT2D eigenvalue weighted by molar-refractivity contribution is -0.123. The Morgan fingerprint density at radius 3 is 2.63 bits per heavy atom. The van der Waals surface area contributed by atoms with Crippen molar-refractivity contribution in [2.75, 3.05) is 0 Å². The van der Waals surface area contributed by atoms with Crippen LogP contribution in [0.4, 0.5) is 4.79 Å². The van der Waals surface area contributed by atoms with Crippen LogP contribution in [0, 0.1) is 0 Å². The largest absolute Gasteiger partial charge is 0.444 e. The molecule has 0 aliphatic carbocycles. The highest BCUT2D eigenvalue weighted by atomic mass is 16.6. The van der Waals surface area contributed by atoms with Crippen molar-refractivity contribution in [3.8, 4) is 0 Å². The van der Waals surface area contributed by atoms with Crippen LogP contribution in [0.2, 0.25) is 0 Å². The van der Waals surface area contributed by atoms with Gasteiger partial charge in [-0.05, 0) is 32.4 Å². The van der Waals surface area contributed by atoms with E-state index in [1.54, 1.807) is 33.2 Å². The second-order valence-electron chi connectivity index (χ2n) is 5.13. The van der Waals surface area contributed by atoms with Crippen molar-refractivity contribution in [1.29, 1.82) is 0 Å². The molecule has 19 heavy (non-hydrogen) atoms. The first-order valence-corrected chi connectivity index (χ1v) is 5.93. The molecule has 7 nitrogen and oxygen atoms in total. The molecule has 1 aromatic rings. The summed E-state index contributed by atoms with van der Waals surface area (Å²) in [7, 11) is 0. The maximum Gasteiger partial charge on any atom is 0.408 e. The van der Waals surface area contributed by atoms with Crippen LogP contribution in [-0.4, -0.2) is 28.6 Å². The second-order valence-corrected chi connectivity index (χ2v) is 5.13. The summed E-state index contributed by atoms with van der Waals surface area (Å²) < 4.78 is 5.10. The molecule has 1 aromatic heterocycles. The number of amides is 2. The van der Waals surface area contributed by atoms with Gasteiger partial charge in [0.1, 0.15) is 11.6 Å². The fourth-order valence-electron chi connectivity index (χ4n) is 1.48. The number of hydrogen-bond donors (Lipinski definition) is 4. The molecule has 7 heteroatoms. The number of aromatic amines is 1. The number of ether oxygens (including phenoxy) is 1. The number of H-pyrrole nitrogens is 1. The first-order valence-electron chi connectivity index (χ1n) is 5.93. The molecule has 2 amide bonds. The molecule has 1 heterocycles. The number of alkyl carbamates (subject to hydrolysis) is 1. The van der Waals surface area contributed by atoms with Gasteiger partial charge in [-0.1, -0.05) is 0 Å². The van der Waals surface area contributed by atoms with Crippen LogP contribution < -0.4 is 16.6 Å². The zero-order valence-corrected chi connectivity index (χ0v) is 11.3. The zero-order chi connectivity index (χ0) is 14.5. The Bertz CT molecular complexity index is 423. The topological polar surface area (TPSA) is 109 Å². The average molecular weight is 268 g/mol. The monoisotopic (exact) mass is 268 g/mol. The van der Waals surface area contributed by atoms with Gasteiger partial charge in [-0.2, -0.15) is 0 Å². The summed E-state index contributed by atoms with van der Waals surface area (Å²) in [5.74, 6) is 4.63. The second kappa shape index (κ2) is 6.24. The van der Waals surface area contributed by atoms with Gasteiger partial charge in [0.05, 0.1) is 0 Å². The molecule has 0 saturated heterocycles. The molecule has 106 valence electrons. The molecule has 0 aromatic carbocycles. The van der Waals surface area contributed by atoms with Gasteiger partial charge < -0.3 is 15.0 Å². The number of nitrogens with two attached hydrogens (primary N) is 1. The van der Waals surface area contributed by atoms with Gasteiger partial charge in [0, 0.05) is 18.8 Å². The molecule has 0 spiro atoms. The SMILES string of the molecule is CC(C)(C)OC(=O)NC(Cc1cc[nH]c1)C(=O)NN. The van der Waals surface area contributed by atoms with Crippen molar-refractivity contribution in [3.05, 3.63) is 24.0 Å². The molecular formula is C12H20N4O3. The summed E-state index contributed by atoms with van der Waals surface area (Å²) >= 11 is 0. The number of nitrogens with one attached hydrogen (secondary N) is 3. The fourth-order valence-corrected chi connectivity index (χ4v) is 1.48.